The maximum absolute atomic E-state index is 13.1. The minimum Gasteiger partial charge on any atom is -0.481 e. The van der Waals surface area contributed by atoms with Crippen molar-refractivity contribution in [3.8, 4) is 5.75 Å². The lowest BCUT2D eigenvalue weighted by atomic mass is 10.1. The molecule has 2 N–H and O–H groups in total. The number of para-hydroxylation sites is 1. The first kappa shape index (κ1) is 26.3. The van der Waals surface area contributed by atoms with Gasteiger partial charge in [0.2, 0.25) is 0 Å². The zero-order valence-electron chi connectivity index (χ0n) is 19.8. The van der Waals surface area contributed by atoms with Crippen molar-refractivity contribution >= 4 is 75.7 Å². The van der Waals surface area contributed by atoms with Gasteiger partial charge in [0.05, 0.1) is 15.7 Å². The fourth-order valence-corrected chi connectivity index (χ4v) is 4.54. The predicted molar refractivity (Wildman–Crippen MR) is 149 cm³/mol. The lowest BCUT2D eigenvalue weighted by Crippen LogP contribution is -2.54. The molecule has 0 unspecified atom stereocenters. The highest BCUT2D eigenvalue weighted by atomic mass is 35.5. The van der Waals surface area contributed by atoms with Crippen molar-refractivity contribution in [2.75, 3.05) is 16.8 Å². The number of nitrogens with zero attached hydrogens (tertiary/aromatic N) is 1. The Bertz CT molecular complexity index is 1430. The molecule has 1 fully saturated rings. The Morgan fingerprint density at radius 1 is 1.05 bits per heavy atom. The first-order valence-electron chi connectivity index (χ1n) is 11.1. The Labute approximate surface area is 229 Å². The molecule has 37 heavy (non-hydrogen) atoms. The monoisotopic (exact) mass is 553 g/mol. The van der Waals surface area contributed by atoms with E-state index in [-0.39, 0.29) is 39.0 Å². The average molecular weight is 554 g/mol. The fourth-order valence-electron chi connectivity index (χ4n) is 3.65. The van der Waals surface area contributed by atoms with Crippen LogP contribution in [0.2, 0.25) is 10.0 Å². The molecule has 0 atom stereocenters. The van der Waals surface area contributed by atoms with Crippen molar-refractivity contribution in [3.05, 3.63) is 93.0 Å². The number of hydrogen-bond acceptors (Lipinski definition) is 5. The number of rotatable bonds is 6. The average Bonchev–Trinajstić information content (AvgIpc) is 2.84. The SMILES string of the molecule is Cc1cccc(NC(=O)COc2c(Cl)cc(/C=C3/C(=O)NC(=S)N(c4ccccc4)C3=O)cc2Cl)c1C. The number of aryl methyl sites for hydroxylation is 1. The van der Waals surface area contributed by atoms with Crippen LogP contribution >= 0.6 is 35.4 Å². The Balaban J connectivity index is 1.52. The molecule has 0 saturated carbocycles. The van der Waals surface area contributed by atoms with Crippen molar-refractivity contribution < 1.29 is 19.1 Å². The predicted octanol–water partition coefficient (Wildman–Crippen LogP) is 5.46. The van der Waals surface area contributed by atoms with E-state index >= 15 is 0 Å². The van der Waals surface area contributed by atoms with Gasteiger partial charge in [0.15, 0.2) is 17.5 Å². The minimum absolute atomic E-state index is 0.0164. The van der Waals surface area contributed by atoms with E-state index in [9.17, 15) is 14.4 Å². The van der Waals surface area contributed by atoms with Gasteiger partial charge in [-0.2, -0.15) is 0 Å². The van der Waals surface area contributed by atoms with Gasteiger partial charge >= 0.3 is 0 Å². The van der Waals surface area contributed by atoms with E-state index < -0.39 is 11.8 Å². The summed E-state index contributed by atoms with van der Waals surface area (Å²) in [5.74, 6) is -1.50. The summed E-state index contributed by atoms with van der Waals surface area (Å²) >= 11 is 17.9. The Morgan fingerprint density at radius 3 is 2.41 bits per heavy atom. The van der Waals surface area contributed by atoms with Gasteiger partial charge in [-0.15, -0.1) is 0 Å². The molecule has 3 aromatic carbocycles. The van der Waals surface area contributed by atoms with E-state index in [1.165, 1.54) is 23.1 Å². The van der Waals surface area contributed by atoms with Gasteiger partial charge in [0.1, 0.15) is 5.57 Å². The molecular formula is C27H21Cl2N3O4S. The molecule has 1 saturated heterocycles. The van der Waals surface area contributed by atoms with Crippen LogP contribution in [-0.4, -0.2) is 29.4 Å². The van der Waals surface area contributed by atoms with Crippen molar-refractivity contribution in [1.82, 2.24) is 5.32 Å². The second-order valence-electron chi connectivity index (χ2n) is 8.19. The highest BCUT2D eigenvalue weighted by Crippen LogP contribution is 2.35. The van der Waals surface area contributed by atoms with Gasteiger partial charge < -0.3 is 10.1 Å². The zero-order valence-corrected chi connectivity index (χ0v) is 22.1. The molecule has 10 heteroatoms. The molecule has 0 radical (unpaired) electrons. The van der Waals surface area contributed by atoms with Crippen molar-refractivity contribution in [2.45, 2.75) is 13.8 Å². The third-order valence-corrected chi connectivity index (χ3v) is 6.52. The molecule has 1 aliphatic heterocycles. The van der Waals surface area contributed by atoms with Gasteiger partial charge in [-0.3, -0.25) is 24.6 Å². The molecule has 3 aromatic rings. The third kappa shape index (κ3) is 5.83. The van der Waals surface area contributed by atoms with Crippen LogP contribution in [0.4, 0.5) is 11.4 Å². The number of benzene rings is 3. The van der Waals surface area contributed by atoms with Crippen LogP contribution in [0.5, 0.6) is 5.75 Å². The molecule has 4 rings (SSSR count). The Morgan fingerprint density at radius 2 is 1.73 bits per heavy atom. The standard InChI is InChI=1S/C27H21Cl2N3O4S/c1-15-7-6-10-22(16(15)2)30-23(33)14-36-24-20(28)12-17(13-21(24)29)11-19-25(34)31-27(37)32(26(19)35)18-8-4-3-5-9-18/h3-13H,14H2,1-2H3,(H,30,33)(H,31,34,37)/b19-11-. The molecule has 7 nitrogen and oxygen atoms in total. The van der Waals surface area contributed by atoms with E-state index in [1.807, 2.05) is 26.0 Å². The summed E-state index contributed by atoms with van der Waals surface area (Å²) in [5, 5.41) is 5.53. The topological polar surface area (TPSA) is 87.7 Å². The third-order valence-electron chi connectivity index (χ3n) is 5.67. The molecule has 1 aliphatic rings. The van der Waals surface area contributed by atoms with Crippen LogP contribution in [0.3, 0.4) is 0 Å². The summed E-state index contributed by atoms with van der Waals surface area (Å²) in [6, 6.07) is 17.3. The number of nitrogens with one attached hydrogen (secondary N) is 2. The molecule has 0 bridgehead atoms. The lowest BCUT2D eigenvalue weighted by Gasteiger charge is -2.28. The number of anilines is 2. The van der Waals surface area contributed by atoms with Crippen LogP contribution in [0.1, 0.15) is 16.7 Å². The number of thiocarbonyl (C=S) groups is 1. The Kier molecular flexibility index (Phi) is 7.92. The number of hydrogen-bond donors (Lipinski definition) is 2. The number of ether oxygens (including phenoxy) is 1. The minimum atomic E-state index is -0.641. The fraction of sp³-hybridized carbons (Fsp3) is 0.111. The number of carbonyl (C=O) groups excluding carboxylic acids is 3. The summed E-state index contributed by atoms with van der Waals surface area (Å²) in [7, 11) is 0. The Hall–Kier alpha value is -3.72. The van der Waals surface area contributed by atoms with Gasteiger partial charge in [-0.05, 0) is 79.2 Å². The molecule has 0 spiro atoms. The molecule has 1 heterocycles. The smallest absolute Gasteiger partial charge is 0.270 e. The molecule has 188 valence electrons. The van der Waals surface area contributed by atoms with Crippen LogP contribution in [-0.2, 0) is 14.4 Å². The number of halogens is 2. The molecule has 0 aliphatic carbocycles. The number of amides is 3. The first-order chi connectivity index (χ1) is 17.7. The maximum Gasteiger partial charge on any atom is 0.270 e. The maximum atomic E-state index is 13.1. The van der Waals surface area contributed by atoms with Gasteiger partial charge in [0.25, 0.3) is 17.7 Å². The largest absolute Gasteiger partial charge is 0.481 e. The molecule has 3 amide bonds. The van der Waals surface area contributed by atoms with Crippen molar-refractivity contribution in [1.29, 1.82) is 0 Å². The zero-order chi connectivity index (χ0) is 26.7. The number of carbonyl (C=O) groups is 3. The van der Waals surface area contributed by atoms with Crippen LogP contribution in [0.15, 0.2) is 66.2 Å². The normalized spacial score (nSPS) is 14.5. The summed E-state index contributed by atoms with van der Waals surface area (Å²) in [6.45, 7) is 3.55. The summed E-state index contributed by atoms with van der Waals surface area (Å²) in [6.07, 6.45) is 1.37. The quantitative estimate of drug-likeness (QED) is 0.240. The second kappa shape index (κ2) is 11.1. The van der Waals surface area contributed by atoms with Gasteiger partial charge in [0, 0.05) is 5.69 Å². The van der Waals surface area contributed by atoms with E-state index in [0.717, 1.165) is 11.1 Å². The van der Waals surface area contributed by atoms with E-state index in [2.05, 4.69) is 10.6 Å². The summed E-state index contributed by atoms with van der Waals surface area (Å²) in [4.78, 5) is 39.3. The first-order valence-corrected chi connectivity index (χ1v) is 12.3. The summed E-state index contributed by atoms with van der Waals surface area (Å²) < 4.78 is 5.58. The van der Waals surface area contributed by atoms with Crippen molar-refractivity contribution in [2.24, 2.45) is 0 Å². The molecule has 0 aromatic heterocycles. The van der Waals surface area contributed by atoms with Crippen molar-refractivity contribution in [3.63, 3.8) is 0 Å². The van der Waals surface area contributed by atoms with Gasteiger partial charge in [-0.1, -0.05) is 53.5 Å². The van der Waals surface area contributed by atoms with Crippen LogP contribution in [0, 0.1) is 13.8 Å². The lowest BCUT2D eigenvalue weighted by molar-refractivity contribution is -0.122. The van der Waals surface area contributed by atoms with Crippen LogP contribution < -0.4 is 20.3 Å². The van der Waals surface area contributed by atoms with E-state index in [0.29, 0.717) is 16.9 Å². The van der Waals surface area contributed by atoms with Gasteiger partial charge in [-0.25, -0.2) is 0 Å². The summed E-state index contributed by atoms with van der Waals surface area (Å²) in [5.41, 5.74) is 3.45. The highest BCUT2D eigenvalue weighted by molar-refractivity contribution is 7.80. The van der Waals surface area contributed by atoms with E-state index in [1.54, 1.807) is 36.4 Å². The highest BCUT2D eigenvalue weighted by Gasteiger charge is 2.34. The molecular weight excluding hydrogens is 533 g/mol. The second-order valence-corrected chi connectivity index (χ2v) is 9.39. The van der Waals surface area contributed by atoms with Crippen LogP contribution in [0.25, 0.3) is 6.08 Å². The van der Waals surface area contributed by atoms with E-state index in [4.69, 9.17) is 40.2 Å².